The zero-order valence-corrected chi connectivity index (χ0v) is 8.29. The number of nitrogens with two attached hydrogens (primary N) is 1. The molecule has 0 aliphatic carbocycles. The molecule has 0 bridgehead atoms. The average molecular weight is 190 g/mol. The van der Waals surface area contributed by atoms with Crippen molar-refractivity contribution in [2.75, 3.05) is 13.2 Å². The van der Waals surface area contributed by atoms with Crippen molar-refractivity contribution < 1.29 is 4.74 Å². The lowest BCUT2D eigenvalue weighted by Crippen LogP contribution is -2.08. The predicted octanol–water partition coefficient (Wildman–Crippen LogP) is 1.34. The van der Waals surface area contributed by atoms with Crippen LogP contribution in [0.5, 0.6) is 0 Å². The van der Waals surface area contributed by atoms with Gasteiger partial charge >= 0.3 is 0 Å². The van der Waals surface area contributed by atoms with Gasteiger partial charge in [-0.05, 0) is 30.2 Å². The van der Waals surface area contributed by atoms with Crippen LogP contribution in [0.2, 0.25) is 0 Å². The van der Waals surface area contributed by atoms with Gasteiger partial charge in [-0.3, -0.25) is 0 Å². The van der Waals surface area contributed by atoms with E-state index in [4.69, 9.17) is 15.7 Å². The number of hydrogen-bond donors (Lipinski definition) is 1. The van der Waals surface area contributed by atoms with E-state index < -0.39 is 0 Å². The molecule has 14 heavy (non-hydrogen) atoms. The van der Waals surface area contributed by atoms with E-state index in [1.807, 2.05) is 19.1 Å². The van der Waals surface area contributed by atoms with Crippen LogP contribution in [0.3, 0.4) is 0 Å². The molecule has 1 aromatic carbocycles. The van der Waals surface area contributed by atoms with Gasteiger partial charge in [0.15, 0.2) is 0 Å². The molecule has 0 unspecified atom stereocenters. The fourth-order valence-corrected chi connectivity index (χ4v) is 1.19. The molecule has 1 aromatic rings. The highest BCUT2D eigenvalue weighted by Gasteiger charge is 1.99. The predicted molar refractivity (Wildman–Crippen MR) is 54.6 cm³/mol. The maximum absolute atomic E-state index is 8.67. The second kappa shape index (κ2) is 5.38. The first-order chi connectivity index (χ1) is 6.77. The Morgan fingerprint density at radius 1 is 1.50 bits per heavy atom. The average Bonchev–Trinajstić information content (AvgIpc) is 2.20. The maximum atomic E-state index is 8.67. The quantitative estimate of drug-likeness (QED) is 0.729. The third-order valence-electron chi connectivity index (χ3n) is 1.99. The van der Waals surface area contributed by atoms with Crippen molar-refractivity contribution in [3.05, 3.63) is 34.9 Å². The van der Waals surface area contributed by atoms with Crippen LogP contribution in [-0.2, 0) is 11.3 Å². The molecule has 0 aliphatic rings. The lowest BCUT2D eigenvalue weighted by molar-refractivity contribution is 0.128. The fraction of sp³-hybridized carbons (Fsp3) is 0.364. The van der Waals surface area contributed by atoms with Gasteiger partial charge < -0.3 is 10.5 Å². The minimum atomic E-state index is 0.537. The summed E-state index contributed by atoms with van der Waals surface area (Å²) in [7, 11) is 0. The van der Waals surface area contributed by atoms with Crippen LogP contribution < -0.4 is 5.73 Å². The first-order valence-electron chi connectivity index (χ1n) is 4.55. The first kappa shape index (κ1) is 10.7. The highest BCUT2D eigenvalue weighted by Crippen LogP contribution is 2.11. The summed E-state index contributed by atoms with van der Waals surface area (Å²) < 4.78 is 5.32. The lowest BCUT2D eigenvalue weighted by Gasteiger charge is -2.06. The van der Waals surface area contributed by atoms with E-state index in [1.165, 1.54) is 0 Å². The van der Waals surface area contributed by atoms with E-state index >= 15 is 0 Å². The summed E-state index contributed by atoms with van der Waals surface area (Å²) in [6, 6.07) is 7.68. The number of nitriles is 1. The summed E-state index contributed by atoms with van der Waals surface area (Å²) in [5.41, 5.74) is 8.19. The van der Waals surface area contributed by atoms with Crippen LogP contribution in [0.1, 0.15) is 16.7 Å². The number of rotatable bonds is 4. The second-order valence-corrected chi connectivity index (χ2v) is 3.09. The smallest absolute Gasteiger partial charge is 0.0991 e. The molecule has 1 rings (SSSR count). The van der Waals surface area contributed by atoms with Crippen molar-refractivity contribution in [3.8, 4) is 6.07 Å². The summed E-state index contributed by atoms with van der Waals surface area (Å²) in [6.45, 7) is 3.64. The first-order valence-corrected chi connectivity index (χ1v) is 4.55. The zero-order chi connectivity index (χ0) is 10.4. The highest BCUT2D eigenvalue weighted by atomic mass is 16.5. The standard InChI is InChI=1S/C11H14N2O/c1-9-6-10(7-13)2-3-11(9)8-14-5-4-12/h2-3,6H,4-5,8,12H2,1H3. The van der Waals surface area contributed by atoms with Crippen molar-refractivity contribution >= 4 is 0 Å². The monoisotopic (exact) mass is 190 g/mol. The van der Waals surface area contributed by atoms with Gasteiger partial charge in [-0.25, -0.2) is 0 Å². The minimum absolute atomic E-state index is 0.537. The van der Waals surface area contributed by atoms with E-state index in [2.05, 4.69) is 6.07 Å². The Balaban J connectivity index is 2.65. The Morgan fingerprint density at radius 3 is 2.86 bits per heavy atom. The van der Waals surface area contributed by atoms with Crippen LogP contribution in [0.15, 0.2) is 18.2 Å². The molecular weight excluding hydrogens is 176 g/mol. The molecule has 2 N–H and O–H groups in total. The minimum Gasteiger partial charge on any atom is -0.375 e. The number of ether oxygens (including phenoxy) is 1. The van der Waals surface area contributed by atoms with Crippen molar-refractivity contribution in [1.82, 2.24) is 0 Å². The normalized spacial score (nSPS) is 9.79. The van der Waals surface area contributed by atoms with Crippen LogP contribution in [0.4, 0.5) is 0 Å². The molecule has 0 fully saturated rings. The molecule has 0 saturated carbocycles. The van der Waals surface area contributed by atoms with E-state index in [-0.39, 0.29) is 0 Å². The summed E-state index contributed by atoms with van der Waals surface area (Å²) in [5.74, 6) is 0. The molecule has 0 heterocycles. The second-order valence-electron chi connectivity index (χ2n) is 3.09. The third kappa shape index (κ3) is 2.84. The van der Waals surface area contributed by atoms with Crippen molar-refractivity contribution in [1.29, 1.82) is 5.26 Å². The van der Waals surface area contributed by atoms with Gasteiger partial charge in [-0.2, -0.15) is 5.26 Å². The van der Waals surface area contributed by atoms with Gasteiger partial charge in [-0.15, -0.1) is 0 Å². The maximum Gasteiger partial charge on any atom is 0.0991 e. The summed E-state index contributed by atoms with van der Waals surface area (Å²) in [6.07, 6.45) is 0. The number of hydrogen-bond acceptors (Lipinski definition) is 3. The van der Waals surface area contributed by atoms with E-state index in [9.17, 15) is 0 Å². The molecule has 0 saturated heterocycles. The van der Waals surface area contributed by atoms with Gasteiger partial charge in [0.05, 0.1) is 24.8 Å². The molecule has 3 heteroatoms. The third-order valence-corrected chi connectivity index (χ3v) is 1.99. The number of benzene rings is 1. The van der Waals surface area contributed by atoms with Crippen LogP contribution >= 0.6 is 0 Å². The Bertz CT molecular complexity index is 342. The van der Waals surface area contributed by atoms with Crippen LogP contribution in [0, 0.1) is 18.3 Å². The van der Waals surface area contributed by atoms with Crippen LogP contribution in [-0.4, -0.2) is 13.2 Å². The summed E-state index contributed by atoms with van der Waals surface area (Å²) in [4.78, 5) is 0. The van der Waals surface area contributed by atoms with Crippen LogP contribution in [0.25, 0.3) is 0 Å². The largest absolute Gasteiger partial charge is 0.375 e. The fourth-order valence-electron chi connectivity index (χ4n) is 1.19. The molecular formula is C11H14N2O. The van der Waals surface area contributed by atoms with Gasteiger partial charge in [0, 0.05) is 6.54 Å². The number of nitrogens with zero attached hydrogens (tertiary/aromatic N) is 1. The Labute approximate surface area is 84.1 Å². The van der Waals surface area contributed by atoms with Gasteiger partial charge in [0.25, 0.3) is 0 Å². The van der Waals surface area contributed by atoms with Crippen molar-refractivity contribution in [3.63, 3.8) is 0 Å². The van der Waals surface area contributed by atoms with Gasteiger partial charge in [0.1, 0.15) is 0 Å². The van der Waals surface area contributed by atoms with Crippen molar-refractivity contribution in [2.24, 2.45) is 5.73 Å². The molecule has 3 nitrogen and oxygen atoms in total. The molecule has 74 valence electrons. The number of aryl methyl sites for hydroxylation is 1. The zero-order valence-electron chi connectivity index (χ0n) is 8.29. The van der Waals surface area contributed by atoms with Gasteiger partial charge in [0.2, 0.25) is 0 Å². The molecule has 0 spiro atoms. The highest BCUT2D eigenvalue weighted by molar-refractivity contribution is 5.37. The topological polar surface area (TPSA) is 59.0 Å². The van der Waals surface area contributed by atoms with E-state index in [1.54, 1.807) is 6.07 Å². The Kier molecular flexibility index (Phi) is 4.11. The van der Waals surface area contributed by atoms with E-state index in [0.29, 0.717) is 25.3 Å². The van der Waals surface area contributed by atoms with Gasteiger partial charge in [-0.1, -0.05) is 6.07 Å². The van der Waals surface area contributed by atoms with Crippen molar-refractivity contribution in [2.45, 2.75) is 13.5 Å². The molecule has 0 atom stereocenters. The van der Waals surface area contributed by atoms with E-state index in [0.717, 1.165) is 11.1 Å². The molecule has 0 aromatic heterocycles. The molecule has 0 aliphatic heterocycles. The summed E-state index contributed by atoms with van der Waals surface area (Å²) >= 11 is 0. The molecule has 0 radical (unpaired) electrons. The summed E-state index contributed by atoms with van der Waals surface area (Å²) in [5, 5.41) is 8.67. The SMILES string of the molecule is Cc1cc(C#N)ccc1COCCN. The lowest BCUT2D eigenvalue weighted by atomic mass is 10.1. The Morgan fingerprint density at radius 2 is 2.29 bits per heavy atom. The molecule has 0 amide bonds. The Hall–Kier alpha value is -1.37.